The highest BCUT2D eigenvalue weighted by atomic mass is 16.5. The van der Waals surface area contributed by atoms with Gasteiger partial charge in [-0.3, -0.25) is 4.79 Å². The molecule has 1 heterocycles. The second-order valence-electron chi connectivity index (χ2n) is 4.76. The summed E-state index contributed by atoms with van der Waals surface area (Å²) in [6, 6.07) is 0. The van der Waals surface area contributed by atoms with E-state index in [1.165, 1.54) is 0 Å². The zero-order chi connectivity index (χ0) is 12.5. The van der Waals surface area contributed by atoms with Gasteiger partial charge in [-0.2, -0.15) is 0 Å². The second-order valence-corrected chi connectivity index (χ2v) is 4.76. The molecule has 0 aromatic rings. The highest BCUT2D eigenvalue weighted by molar-refractivity contribution is 5.76. The number of ether oxygens (including phenoxy) is 1. The third-order valence-electron chi connectivity index (χ3n) is 3.35. The number of hydrogen-bond donors (Lipinski definition) is 1. The third-order valence-corrected chi connectivity index (χ3v) is 3.35. The minimum atomic E-state index is 0.243. The van der Waals surface area contributed by atoms with Gasteiger partial charge in [0.05, 0.1) is 13.0 Å². The van der Waals surface area contributed by atoms with Crippen molar-refractivity contribution < 1.29 is 9.53 Å². The van der Waals surface area contributed by atoms with Crippen LogP contribution in [0.2, 0.25) is 0 Å². The predicted octanol–water partition coefficient (Wildman–Crippen LogP) is 1.39. The van der Waals surface area contributed by atoms with E-state index in [1.807, 2.05) is 4.90 Å². The molecule has 1 aliphatic rings. The van der Waals surface area contributed by atoms with E-state index >= 15 is 0 Å². The summed E-state index contributed by atoms with van der Waals surface area (Å²) in [6.07, 6.45) is 4.86. The highest BCUT2D eigenvalue weighted by Gasteiger charge is 2.21. The fourth-order valence-corrected chi connectivity index (χ4v) is 2.27. The van der Waals surface area contributed by atoms with Crippen LogP contribution in [0, 0.1) is 5.92 Å². The normalized spacial score (nSPS) is 17.4. The number of hydrogen-bond acceptors (Lipinski definition) is 3. The molecule has 0 atom stereocenters. The molecule has 1 fully saturated rings. The minimum absolute atomic E-state index is 0.243. The molecular weight excluding hydrogens is 216 g/mol. The molecule has 4 nitrogen and oxygen atoms in total. The summed E-state index contributed by atoms with van der Waals surface area (Å²) in [5, 5.41) is 0. The van der Waals surface area contributed by atoms with Crippen molar-refractivity contribution in [1.29, 1.82) is 0 Å². The van der Waals surface area contributed by atoms with Crippen molar-refractivity contribution in [2.24, 2.45) is 11.7 Å². The standard InChI is InChI=1S/C13H26N2O2/c1-2-10-17-11-6-13(16)15-8-4-12(3-7-14)5-9-15/h12H,2-11,14H2,1H3. The number of carbonyl (C=O) groups is 1. The quantitative estimate of drug-likeness (QED) is 0.686. The molecule has 100 valence electrons. The van der Waals surface area contributed by atoms with E-state index in [1.54, 1.807) is 0 Å². The summed E-state index contributed by atoms with van der Waals surface area (Å²) in [4.78, 5) is 13.8. The summed E-state index contributed by atoms with van der Waals surface area (Å²) in [6.45, 7) is 5.96. The molecule has 0 aromatic heterocycles. The summed E-state index contributed by atoms with van der Waals surface area (Å²) in [5.74, 6) is 0.965. The number of rotatable bonds is 7. The number of amides is 1. The maximum absolute atomic E-state index is 11.8. The molecule has 4 heteroatoms. The lowest BCUT2D eigenvalue weighted by Gasteiger charge is -2.32. The Morgan fingerprint density at radius 1 is 1.35 bits per heavy atom. The summed E-state index contributed by atoms with van der Waals surface area (Å²) >= 11 is 0. The van der Waals surface area contributed by atoms with Gasteiger partial charge in [0.1, 0.15) is 0 Å². The Morgan fingerprint density at radius 3 is 2.65 bits per heavy atom. The Hall–Kier alpha value is -0.610. The van der Waals surface area contributed by atoms with Crippen LogP contribution in [0.25, 0.3) is 0 Å². The van der Waals surface area contributed by atoms with E-state index < -0.39 is 0 Å². The average molecular weight is 242 g/mol. The number of carbonyl (C=O) groups excluding carboxylic acids is 1. The fraction of sp³-hybridized carbons (Fsp3) is 0.923. The van der Waals surface area contributed by atoms with Gasteiger partial charge in [-0.15, -0.1) is 0 Å². The summed E-state index contributed by atoms with van der Waals surface area (Å²) < 4.78 is 5.34. The number of nitrogens with zero attached hydrogens (tertiary/aromatic N) is 1. The largest absolute Gasteiger partial charge is 0.381 e. The molecule has 1 rings (SSSR count). The maximum Gasteiger partial charge on any atom is 0.224 e. The first-order valence-electron chi connectivity index (χ1n) is 6.83. The van der Waals surface area contributed by atoms with Crippen molar-refractivity contribution in [3.8, 4) is 0 Å². The molecule has 1 saturated heterocycles. The van der Waals surface area contributed by atoms with Crippen molar-refractivity contribution >= 4 is 5.91 Å². The van der Waals surface area contributed by atoms with E-state index in [0.717, 1.165) is 57.8 Å². The van der Waals surface area contributed by atoms with Crippen LogP contribution in [0.15, 0.2) is 0 Å². The summed E-state index contributed by atoms with van der Waals surface area (Å²) in [7, 11) is 0. The molecule has 1 amide bonds. The van der Waals surface area contributed by atoms with Crippen LogP contribution in [0.1, 0.15) is 39.0 Å². The van der Waals surface area contributed by atoms with Crippen molar-refractivity contribution in [3.05, 3.63) is 0 Å². The Kier molecular flexibility index (Phi) is 7.21. The van der Waals surface area contributed by atoms with Gasteiger partial charge in [0.15, 0.2) is 0 Å². The Morgan fingerprint density at radius 2 is 2.06 bits per heavy atom. The van der Waals surface area contributed by atoms with Gasteiger partial charge in [-0.25, -0.2) is 0 Å². The molecule has 0 radical (unpaired) electrons. The van der Waals surface area contributed by atoms with Crippen LogP contribution in [0.5, 0.6) is 0 Å². The van der Waals surface area contributed by atoms with E-state index in [2.05, 4.69) is 6.92 Å². The van der Waals surface area contributed by atoms with Crippen molar-refractivity contribution in [3.63, 3.8) is 0 Å². The molecule has 0 spiro atoms. The van der Waals surface area contributed by atoms with Crippen LogP contribution in [-0.4, -0.2) is 43.7 Å². The Balaban J connectivity index is 2.12. The molecule has 0 saturated carbocycles. The highest BCUT2D eigenvalue weighted by Crippen LogP contribution is 2.20. The van der Waals surface area contributed by atoms with Crippen LogP contribution in [-0.2, 0) is 9.53 Å². The van der Waals surface area contributed by atoms with Crippen molar-refractivity contribution in [2.75, 3.05) is 32.8 Å². The first kappa shape index (κ1) is 14.5. The zero-order valence-corrected chi connectivity index (χ0v) is 11.0. The lowest BCUT2D eigenvalue weighted by molar-refractivity contribution is -0.133. The predicted molar refractivity (Wildman–Crippen MR) is 68.7 cm³/mol. The minimum Gasteiger partial charge on any atom is -0.381 e. The third kappa shape index (κ3) is 5.50. The molecule has 0 unspecified atom stereocenters. The molecule has 0 aliphatic carbocycles. The molecule has 2 N–H and O–H groups in total. The molecule has 0 bridgehead atoms. The molecule has 0 aromatic carbocycles. The van der Waals surface area contributed by atoms with Gasteiger partial charge in [-0.1, -0.05) is 6.92 Å². The van der Waals surface area contributed by atoms with Crippen LogP contribution >= 0.6 is 0 Å². The first-order chi connectivity index (χ1) is 8.27. The smallest absolute Gasteiger partial charge is 0.224 e. The summed E-state index contributed by atoms with van der Waals surface area (Å²) in [5.41, 5.74) is 5.55. The van der Waals surface area contributed by atoms with Gasteiger partial charge < -0.3 is 15.4 Å². The lowest BCUT2D eigenvalue weighted by atomic mass is 9.93. The SMILES string of the molecule is CCCOCCC(=O)N1CCC(CCN)CC1. The zero-order valence-electron chi connectivity index (χ0n) is 11.0. The van der Waals surface area contributed by atoms with Gasteiger partial charge >= 0.3 is 0 Å². The number of piperidine rings is 1. The van der Waals surface area contributed by atoms with E-state index in [-0.39, 0.29) is 5.91 Å². The van der Waals surface area contributed by atoms with Crippen molar-refractivity contribution in [1.82, 2.24) is 4.90 Å². The van der Waals surface area contributed by atoms with Crippen molar-refractivity contribution in [2.45, 2.75) is 39.0 Å². The fourth-order valence-electron chi connectivity index (χ4n) is 2.27. The average Bonchev–Trinajstić information content (AvgIpc) is 2.36. The van der Waals surface area contributed by atoms with Gasteiger partial charge in [-0.05, 0) is 38.1 Å². The topological polar surface area (TPSA) is 55.6 Å². The van der Waals surface area contributed by atoms with Gasteiger partial charge in [0.25, 0.3) is 0 Å². The maximum atomic E-state index is 11.8. The van der Waals surface area contributed by atoms with Crippen LogP contribution in [0.3, 0.4) is 0 Å². The number of likely N-dealkylation sites (tertiary alicyclic amines) is 1. The van der Waals surface area contributed by atoms with E-state index in [0.29, 0.717) is 13.0 Å². The molecule has 17 heavy (non-hydrogen) atoms. The van der Waals surface area contributed by atoms with E-state index in [9.17, 15) is 4.79 Å². The van der Waals surface area contributed by atoms with Crippen LogP contribution < -0.4 is 5.73 Å². The second kappa shape index (κ2) is 8.48. The van der Waals surface area contributed by atoms with Crippen LogP contribution in [0.4, 0.5) is 0 Å². The van der Waals surface area contributed by atoms with Gasteiger partial charge in [0, 0.05) is 19.7 Å². The first-order valence-corrected chi connectivity index (χ1v) is 6.83. The number of nitrogens with two attached hydrogens (primary N) is 1. The monoisotopic (exact) mass is 242 g/mol. The molecular formula is C13H26N2O2. The van der Waals surface area contributed by atoms with E-state index in [4.69, 9.17) is 10.5 Å². The van der Waals surface area contributed by atoms with Gasteiger partial charge in [0.2, 0.25) is 5.91 Å². The lowest BCUT2D eigenvalue weighted by Crippen LogP contribution is -2.39. The Bertz CT molecular complexity index is 213. The Labute approximate surface area is 104 Å². The molecule has 1 aliphatic heterocycles.